The van der Waals surface area contributed by atoms with Crippen LogP contribution in [0.5, 0.6) is 5.75 Å². The molecule has 0 bridgehead atoms. The van der Waals surface area contributed by atoms with E-state index in [0.717, 1.165) is 16.0 Å². The maximum absolute atomic E-state index is 13.3. The highest BCUT2D eigenvalue weighted by molar-refractivity contribution is 6.40. The van der Waals surface area contributed by atoms with E-state index in [2.05, 4.69) is 5.32 Å². The second-order valence-electron chi connectivity index (χ2n) is 7.80. The number of rotatable bonds is 5. The molecule has 0 atom stereocenters. The highest BCUT2D eigenvalue weighted by atomic mass is 35.5. The van der Waals surface area contributed by atoms with Gasteiger partial charge in [0.2, 0.25) is 0 Å². The monoisotopic (exact) mass is 494 g/mol. The highest BCUT2D eigenvalue weighted by Gasteiger charge is 2.37. The van der Waals surface area contributed by atoms with E-state index in [-0.39, 0.29) is 17.9 Å². The molecule has 172 valence electrons. The Hall–Kier alpha value is -3.61. The number of halogens is 2. The molecule has 0 spiro atoms. The van der Waals surface area contributed by atoms with Crippen LogP contribution in [0.3, 0.4) is 0 Å². The van der Waals surface area contributed by atoms with Gasteiger partial charge in [-0.05, 0) is 61.4 Å². The Kier molecular flexibility index (Phi) is 6.72. The fraction of sp³-hybridized carbons (Fsp3) is 0.115. The standard InChI is InChI=1S/C26H20Cl2N2O4/c1-15-6-8-17(9-7-15)14-34-23-11-10-19(27)12-18(23)13-20-24(31)29-26(33)30(25(20)32)22-5-3-4-21(28)16(22)2/h3-13H,14H2,1-2H3,(H,29,31,33)/b20-13+. The first kappa shape index (κ1) is 23.5. The molecule has 0 radical (unpaired) electrons. The van der Waals surface area contributed by atoms with Gasteiger partial charge >= 0.3 is 6.03 Å². The summed E-state index contributed by atoms with van der Waals surface area (Å²) >= 11 is 12.4. The molecule has 6 nitrogen and oxygen atoms in total. The van der Waals surface area contributed by atoms with E-state index in [0.29, 0.717) is 26.9 Å². The first-order valence-corrected chi connectivity index (χ1v) is 11.1. The van der Waals surface area contributed by atoms with E-state index in [4.69, 9.17) is 27.9 Å². The van der Waals surface area contributed by atoms with Crippen molar-refractivity contribution in [2.45, 2.75) is 20.5 Å². The zero-order valence-corrected chi connectivity index (χ0v) is 19.9. The molecule has 34 heavy (non-hydrogen) atoms. The summed E-state index contributed by atoms with van der Waals surface area (Å²) in [5.74, 6) is -1.15. The number of urea groups is 1. The summed E-state index contributed by atoms with van der Waals surface area (Å²) in [6.45, 7) is 3.97. The number of imide groups is 2. The Morgan fingerprint density at radius 3 is 2.44 bits per heavy atom. The quantitative estimate of drug-likeness (QED) is 0.356. The Morgan fingerprint density at radius 2 is 1.71 bits per heavy atom. The number of barbiturate groups is 1. The van der Waals surface area contributed by atoms with Crippen LogP contribution in [-0.4, -0.2) is 17.8 Å². The first-order valence-electron chi connectivity index (χ1n) is 10.4. The normalized spacial score (nSPS) is 15.0. The lowest BCUT2D eigenvalue weighted by molar-refractivity contribution is -0.122. The number of benzene rings is 3. The number of aryl methyl sites for hydroxylation is 1. The van der Waals surface area contributed by atoms with Gasteiger partial charge in [0.1, 0.15) is 17.9 Å². The Balaban J connectivity index is 1.69. The van der Waals surface area contributed by atoms with Gasteiger partial charge in [0.05, 0.1) is 5.69 Å². The molecule has 3 aromatic rings. The molecule has 3 aromatic carbocycles. The van der Waals surface area contributed by atoms with Crippen molar-refractivity contribution in [1.82, 2.24) is 5.32 Å². The summed E-state index contributed by atoms with van der Waals surface area (Å²) < 4.78 is 5.95. The van der Waals surface area contributed by atoms with Crippen LogP contribution >= 0.6 is 23.2 Å². The van der Waals surface area contributed by atoms with Crippen LogP contribution in [0.2, 0.25) is 10.0 Å². The summed E-state index contributed by atoms with van der Waals surface area (Å²) in [6, 6.07) is 16.8. The molecule has 1 aliphatic rings. The lowest BCUT2D eigenvalue weighted by atomic mass is 10.0. The predicted octanol–water partition coefficient (Wildman–Crippen LogP) is 5.86. The van der Waals surface area contributed by atoms with Gasteiger partial charge in [-0.3, -0.25) is 14.9 Å². The largest absolute Gasteiger partial charge is 0.488 e. The summed E-state index contributed by atoms with van der Waals surface area (Å²) in [4.78, 5) is 39.3. The molecule has 1 N–H and O–H groups in total. The van der Waals surface area contributed by atoms with Gasteiger partial charge in [0.15, 0.2) is 0 Å². The highest BCUT2D eigenvalue weighted by Crippen LogP contribution is 2.31. The minimum atomic E-state index is -0.848. The second-order valence-corrected chi connectivity index (χ2v) is 8.64. The fourth-order valence-corrected chi connectivity index (χ4v) is 3.83. The zero-order chi connectivity index (χ0) is 24.4. The molecule has 1 fully saturated rings. The number of nitrogens with zero attached hydrogens (tertiary/aromatic N) is 1. The summed E-state index contributed by atoms with van der Waals surface area (Å²) in [7, 11) is 0. The lowest BCUT2D eigenvalue weighted by Crippen LogP contribution is -2.54. The minimum Gasteiger partial charge on any atom is -0.488 e. The van der Waals surface area contributed by atoms with Crippen LogP contribution in [0.15, 0.2) is 66.2 Å². The fourth-order valence-electron chi connectivity index (χ4n) is 3.48. The molecule has 0 aliphatic carbocycles. The van der Waals surface area contributed by atoms with Crippen molar-refractivity contribution in [3.8, 4) is 5.75 Å². The van der Waals surface area contributed by atoms with E-state index in [9.17, 15) is 14.4 Å². The minimum absolute atomic E-state index is 0.235. The van der Waals surface area contributed by atoms with Gasteiger partial charge in [0, 0.05) is 15.6 Å². The average Bonchev–Trinajstić information content (AvgIpc) is 2.80. The van der Waals surface area contributed by atoms with Gasteiger partial charge in [-0.15, -0.1) is 0 Å². The third-order valence-corrected chi connectivity index (χ3v) is 6.01. The summed E-state index contributed by atoms with van der Waals surface area (Å²) in [5.41, 5.74) is 3.11. The van der Waals surface area contributed by atoms with Crippen molar-refractivity contribution in [3.63, 3.8) is 0 Å². The molecule has 0 unspecified atom stereocenters. The number of hydrogen-bond donors (Lipinski definition) is 1. The Bertz CT molecular complexity index is 1330. The van der Waals surface area contributed by atoms with Crippen LogP contribution in [0, 0.1) is 13.8 Å². The molecule has 0 aromatic heterocycles. The van der Waals surface area contributed by atoms with E-state index in [1.165, 1.54) is 6.08 Å². The number of carbonyl (C=O) groups is 3. The van der Waals surface area contributed by atoms with Crippen molar-refractivity contribution in [1.29, 1.82) is 0 Å². The first-order chi connectivity index (χ1) is 16.2. The number of ether oxygens (including phenoxy) is 1. The number of amides is 4. The topological polar surface area (TPSA) is 75.7 Å². The maximum Gasteiger partial charge on any atom is 0.335 e. The number of anilines is 1. The molecule has 1 saturated heterocycles. The molecule has 4 rings (SSSR count). The SMILES string of the molecule is Cc1ccc(COc2ccc(Cl)cc2/C=C2\C(=O)NC(=O)N(c3cccc(Cl)c3C)C2=O)cc1. The summed E-state index contributed by atoms with van der Waals surface area (Å²) in [6.07, 6.45) is 1.37. The van der Waals surface area contributed by atoms with Gasteiger partial charge < -0.3 is 4.74 Å². The van der Waals surface area contributed by atoms with Crippen molar-refractivity contribution in [3.05, 3.63) is 98.5 Å². The van der Waals surface area contributed by atoms with Crippen LogP contribution in [0.4, 0.5) is 10.5 Å². The van der Waals surface area contributed by atoms with Crippen molar-refractivity contribution >= 4 is 52.8 Å². The van der Waals surface area contributed by atoms with Crippen LogP contribution < -0.4 is 15.0 Å². The number of nitrogens with one attached hydrogen (secondary N) is 1. The number of hydrogen-bond acceptors (Lipinski definition) is 4. The second kappa shape index (κ2) is 9.71. The van der Waals surface area contributed by atoms with Crippen LogP contribution in [0.25, 0.3) is 6.08 Å². The van der Waals surface area contributed by atoms with Crippen LogP contribution in [-0.2, 0) is 16.2 Å². The van der Waals surface area contributed by atoms with Gasteiger partial charge in [-0.25, -0.2) is 9.69 Å². The van der Waals surface area contributed by atoms with Gasteiger partial charge in [-0.2, -0.15) is 0 Å². The molecule has 0 saturated carbocycles. The van der Waals surface area contributed by atoms with Gasteiger partial charge in [0.25, 0.3) is 11.8 Å². The molecular weight excluding hydrogens is 475 g/mol. The smallest absolute Gasteiger partial charge is 0.335 e. The van der Waals surface area contributed by atoms with E-state index in [1.54, 1.807) is 43.3 Å². The van der Waals surface area contributed by atoms with E-state index < -0.39 is 17.8 Å². The Labute approximate surface area is 206 Å². The molecule has 4 amide bonds. The molecule has 8 heteroatoms. The molecule has 1 aliphatic heterocycles. The van der Waals surface area contributed by atoms with Crippen molar-refractivity contribution in [2.24, 2.45) is 0 Å². The lowest BCUT2D eigenvalue weighted by Gasteiger charge is -2.27. The van der Waals surface area contributed by atoms with Gasteiger partial charge in [-0.1, -0.05) is 59.1 Å². The summed E-state index contributed by atoms with van der Waals surface area (Å²) in [5, 5.41) is 3.01. The van der Waals surface area contributed by atoms with Crippen molar-refractivity contribution < 1.29 is 19.1 Å². The maximum atomic E-state index is 13.3. The van der Waals surface area contributed by atoms with E-state index >= 15 is 0 Å². The third kappa shape index (κ3) is 4.83. The van der Waals surface area contributed by atoms with Crippen LogP contribution in [0.1, 0.15) is 22.3 Å². The molecule has 1 heterocycles. The van der Waals surface area contributed by atoms with E-state index in [1.807, 2.05) is 31.2 Å². The number of carbonyl (C=O) groups excluding carboxylic acids is 3. The predicted molar refractivity (Wildman–Crippen MR) is 132 cm³/mol. The van der Waals surface area contributed by atoms with Crippen molar-refractivity contribution in [2.75, 3.05) is 4.90 Å². The Morgan fingerprint density at radius 1 is 0.971 bits per heavy atom. The average molecular weight is 495 g/mol. The zero-order valence-electron chi connectivity index (χ0n) is 18.4. The third-order valence-electron chi connectivity index (χ3n) is 5.37. The molecular formula is C26H20Cl2N2O4.